The second-order valence-electron chi connectivity index (χ2n) is 6.12. The van der Waals surface area contributed by atoms with E-state index in [1.807, 2.05) is 24.3 Å². The second kappa shape index (κ2) is 7.18. The number of nitrogens with one attached hydrogen (secondary N) is 1. The minimum Gasteiger partial charge on any atom is -0.497 e. The number of nitrogens with zero attached hydrogens (tertiary/aromatic N) is 4. The number of methoxy groups -OCH3 is 1. The molecule has 0 saturated heterocycles. The molecule has 0 radical (unpaired) electrons. The van der Waals surface area contributed by atoms with E-state index in [1.54, 1.807) is 23.9 Å². The molecule has 1 aliphatic heterocycles. The topological polar surface area (TPSA) is 74.1 Å². The molecule has 1 aliphatic rings. The van der Waals surface area contributed by atoms with Crippen LogP contribution in [0.3, 0.4) is 0 Å². The highest BCUT2D eigenvalue weighted by Crippen LogP contribution is 2.38. The van der Waals surface area contributed by atoms with Gasteiger partial charge in [-0.2, -0.15) is 8.78 Å². The first-order valence-corrected chi connectivity index (χ1v) is 8.37. The summed E-state index contributed by atoms with van der Waals surface area (Å²) in [6.07, 6.45) is 0.681. The Kier molecular flexibility index (Phi) is 4.57. The van der Waals surface area contributed by atoms with Crippen molar-refractivity contribution in [2.24, 2.45) is 0 Å². The van der Waals surface area contributed by atoms with Crippen molar-refractivity contribution in [3.05, 3.63) is 59.7 Å². The second-order valence-corrected chi connectivity index (χ2v) is 6.12. The van der Waals surface area contributed by atoms with Gasteiger partial charge in [-0.15, -0.1) is 0 Å². The first kappa shape index (κ1) is 17.2. The van der Waals surface area contributed by atoms with Gasteiger partial charge in [0.2, 0.25) is 5.95 Å². The molecule has 7 nitrogen and oxygen atoms in total. The zero-order valence-corrected chi connectivity index (χ0v) is 14.4. The maximum Gasteiger partial charge on any atom is 0.387 e. The van der Waals surface area contributed by atoms with Crippen molar-refractivity contribution < 1.29 is 18.3 Å². The summed E-state index contributed by atoms with van der Waals surface area (Å²) in [5.74, 6) is 1.43. The van der Waals surface area contributed by atoms with Gasteiger partial charge in [0.15, 0.2) is 0 Å². The molecular formula is C18H17F2N5O2. The van der Waals surface area contributed by atoms with Crippen molar-refractivity contribution in [3.8, 4) is 11.5 Å². The first-order chi connectivity index (χ1) is 13.1. The smallest absolute Gasteiger partial charge is 0.387 e. The lowest BCUT2D eigenvalue weighted by molar-refractivity contribution is -0.0498. The number of halogens is 2. The van der Waals surface area contributed by atoms with Crippen LogP contribution in [0.1, 0.15) is 29.6 Å². The highest BCUT2D eigenvalue weighted by molar-refractivity contribution is 5.40. The van der Waals surface area contributed by atoms with Crippen LogP contribution in [-0.4, -0.2) is 33.9 Å². The van der Waals surface area contributed by atoms with Crippen molar-refractivity contribution in [1.29, 1.82) is 0 Å². The third kappa shape index (κ3) is 3.53. The van der Waals surface area contributed by atoms with Crippen molar-refractivity contribution in [1.82, 2.24) is 20.2 Å². The Balaban J connectivity index is 1.64. The van der Waals surface area contributed by atoms with E-state index in [1.165, 1.54) is 12.1 Å². The van der Waals surface area contributed by atoms with Crippen LogP contribution in [0.5, 0.6) is 11.5 Å². The highest BCUT2D eigenvalue weighted by Gasteiger charge is 2.30. The van der Waals surface area contributed by atoms with Gasteiger partial charge in [-0.1, -0.05) is 29.4 Å². The molecule has 4 rings (SSSR count). The fraction of sp³-hybridized carbons (Fsp3) is 0.278. The lowest BCUT2D eigenvalue weighted by Crippen LogP contribution is -2.28. The largest absolute Gasteiger partial charge is 0.497 e. The van der Waals surface area contributed by atoms with Gasteiger partial charge in [0.1, 0.15) is 11.5 Å². The number of aromatic nitrogens is 4. The van der Waals surface area contributed by atoms with Gasteiger partial charge in [0.25, 0.3) is 0 Å². The van der Waals surface area contributed by atoms with Crippen molar-refractivity contribution in [2.75, 3.05) is 12.4 Å². The average molecular weight is 373 g/mol. The first-order valence-electron chi connectivity index (χ1n) is 8.37. The van der Waals surface area contributed by atoms with E-state index in [9.17, 15) is 8.78 Å². The predicted molar refractivity (Wildman–Crippen MR) is 93.0 cm³/mol. The molecule has 9 heteroatoms. The Hall–Kier alpha value is -3.23. The quantitative estimate of drug-likeness (QED) is 0.739. The van der Waals surface area contributed by atoms with Crippen LogP contribution in [-0.2, 0) is 0 Å². The Bertz CT molecular complexity index is 916. The molecule has 2 heterocycles. The van der Waals surface area contributed by atoms with E-state index in [0.717, 1.165) is 16.9 Å². The van der Waals surface area contributed by atoms with Crippen molar-refractivity contribution in [3.63, 3.8) is 0 Å². The van der Waals surface area contributed by atoms with Gasteiger partial charge in [-0.05, 0) is 52.2 Å². The molecule has 140 valence electrons. The fourth-order valence-corrected chi connectivity index (χ4v) is 3.26. The highest BCUT2D eigenvalue weighted by atomic mass is 19.3. The Morgan fingerprint density at radius 2 is 1.93 bits per heavy atom. The van der Waals surface area contributed by atoms with Gasteiger partial charge in [0.05, 0.1) is 19.2 Å². The molecular weight excluding hydrogens is 356 g/mol. The summed E-state index contributed by atoms with van der Waals surface area (Å²) in [6, 6.07) is 14.2. The van der Waals surface area contributed by atoms with Gasteiger partial charge in [0, 0.05) is 0 Å². The average Bonchev–Trinajstić information content (AvgIpc) is 3.16. The number of tetrazole rings is 1. The van der Waals surface area contributed by atoms with E-state index in [2.05, 4.69) is 25.6 Å². The summed E-state index contributed by atoms with van der Waals surface area (Å²) in [5, 5.41) is 15.2. The molecule has 2 aromatic carbocycles. The summed E-state index contributed by atoms with van der Waals surface area (Å²) in [7, 11) is 1.62. The van der Waals surface area contributed by atoms with Crippen molar-refractivity contribution >= 4 is 5.95 Å². The Morgan fingerprint density at radius 1 is 1.11 bits per heavy atom. The Labute approximate surface area is 153 Å². The van der Waals surface area contributed by atoms with Crippen LogP contribution in [0, 0.1) is 0 Å². The predicted octanol–water partition coefficient (Wildman–Crippen LogP) is 3.43. The van der Waals surface area contributed by atoms with Crippen LogP contribution in [0.2, 0.25) is 0 Å². The maximum atomic E-state index is 12.4. The van der Waals surface area contributed by atoms with Crippen LogP contribution in [0.4, 0.5) is 14.7 Å². The van der Waals surface area contributed by atoms with Crippen LogP contribution in [0.15, 0.2) is 48.5 Å². The summed E-state index contributed by atoms with van der Waals surface area (Å²) >= 11 is 0. The maximum absolute atomic E-state index is 12.4. The number of hydrogen-bond donors (Lipinski definition) is 1. The molecule has 2 atom stereocenters. The normalized spacial score (nSPS) is 18.7. The minimum atomic E-state index is -2.85. The molecule has 0 bridgehead atoms. The third-order valence-electron chi connectivity index (χ3n) is 4.54. The van der Waals surface area contributed by atoms with Gasteiger partial charge < -0.3 is 14.8 Å². The van der Waals surface area contributed by atoms with Crippen LogP contribution >= 0.6 is 0 Å². The Morgan fingerprint density at radius 3 is 2.67 bits per heavy atom. The molecule has 0 fully saturated rings. The number of rotatable bonds is 5. The van der Waals surface area contributed by atoms with E-state index >= 15 is 0 Å². The summed E-state index contributed by atoms with van der Waals surface area (Å²) < 4.78 is 36.1. The number of hydrogen-bond acceptors (Lipinski definition) is 6. The van der Waals surface area contributed by atoms with Gasteiger partial charge in [-0.3, -0.25) is 0 Å². The van der Waals surface area contributed by atoms with E-state index < -0.39 is 6.61 Å². The number of ether oxygens (including phenoxy) is 2. The molecule has 0 unspecified atom stereocenters. The summed E-state index contributed by atoms with van der Waals surface area (Å²) in [5.41, 5.74) is 1.95. The van der Waals surface area contributed by atoms with E-state index in [-0.39, 0.29) is 17.8 Å². The lowest BCUT2D eigenvalue weighted by Gasteiger charge is -2.31. The molecule has 0 saturated carbocycles. The molecule has 0 spiro atoms. The minimum absolute atomic E-state index is 0.0272. The third-order valence-corrected chi connectivity index (χ3v) is 4.54. The van der Waals surface area contributed by atoms with Crippen LogP contribution < -0.4 is 14.8 Å². The SMILES string of the molecule is COc1cccc([C@H]2C[C@H](c3ccc(OC(F)F)cc3)n3nnnc3N2)c1. The molecule has 1 aromatic heterocycles. The monoisotopic (exact) mass is 373 g/mol. The number of benzene rings is 2. The molecule has 0 aliphatic carbocycles. The van der Waals surface area contributed by atoms with E-state index in [4.69, 9.17) is 4.74 Å². The summed E-state index contributed by atoms with van der Waals surface area (Å²) in [4.78, 5) is 0. The number of anilines is 1. The van der Waals surface area contributed by atoms with Crippen molar-refractivity contribution in [2.45, 2.75) is 25.1 Å². The number of alkyl halides is 2. The molecule has 27 heavy (non-hydrogen) atoms. The van der Waals surface area contributed by atoms with Crippen LogP contribution in [0.25, 0.3) is 0 Å². The van der Waals surface area contributed by atoms with Gasteiger partial charge in [-0.25, -0.2) is 4.68 Å². The molecule has 0 amide bonds. The number of fused-ring (bicyclic) bond motifs is 1. The van der Waals surface area contributed by atoms with Gasteiger partial charge >= 0.3 is 6.61 Å². The zero-order chi connectivity index (χ0) is 18.8. The zero-order valence-electron chi connectivity index (χ0n) is 14.4. The lowest BCUT2D eigenvalue weighted by atomic mass is 9.93. The molecule has 1 N–H and O–H groups in total. The molecule has 3 aromatic rings. The summed E-state index contributed by atoms with van der Waals surface area (Å²) in [6.45, 7) is -2.85. The fourth-order valence-electron chi connectivity index (χ4n) is 3.26. The standard InChI is InChI=1S/C18H17F2N5O2/c1-26-14-4-2-3-12(9-14)15-10-16(25-18(21-15)22-23-24-25)11-5-7-13(8-6-11)27-17(19)20/h2-9,15-17H,10H2,1H3,(H,21,22,24)/t15-,16-/m1/s1. The van der Waals surface area contributed by atoms with E-state index in [0.29, 0.717) is 12.4 Å².